The molecule has 0 radical (unpaired) electrons. The van der Waals surface area contributed by atoms with Gasteiger partial charge in [0.05, 0.1) is 29.0 Å². The number of carbonyl (C=O) groups is 1. The van der Waals surface area contributed by atoms with Gasteiger partial charge in [-0.25, -0.2) is 4.98 Å². The molecule has 0 spiro atoms. The van der Waals surface area contributed by atoms with E-state index in [0.29, 0.717) is 18.9 Å². The Kier molecular flexibility index (Phi) is 4.06. The summed E-state index contributed by atoms with van der Waals surface area (Å²) in [7, 11) is 0. The van der Waals surface area contributed by atoms with Crippen LogP contribution in [0.2, 0.25) is 0 Å². The molecule has 1 fully saturated rings. The van der Waals surface area contributed by atoms with Gasteiger partial charge in [-0.3, -0.25) is 14.8 Å². The minimum atomic E-state index is -0.461. The summed E-state index contributed by atoms with van der Waals surface area (Å²) in [5, 5.41) is 9.52. The van der Waals surface area contributed by atoms with E-state index in [-0.39, 0.29) is 17.6 Å². The molecule has 4 rings (SSSR count). The number of likely N-dealkylation sites (tertiary alicyclic amines) is 1. The van der Waals surface area contributed by atoms with Gasteiger partial charge >= 0.3 is 0 Å². The summed E-state index contributed by atoms with van der Waals surface area (Å²) in [6, 6.07) is 3.70. The second-order valence-electron chi connectivity index (χ2n) is 5.97. The van der Waals surface area contributed by atoms with Gasteiger partial charge in [-0.2, -0.15) is 0 Å². The fourth-order valence-corrected chi connectivity index (χ4v) is 3.30. The third kappa shape index (κ3) is 3.06. The Balaban J connectivity index is 1.43. The van der Waals surface area contributed by atoms with Crippen LogP contribution in [-0.2, 0) is 6.42 Å². The third-order valence-electron chi connectivity index (χ3n) is 4.34. The van der Waals surface area contributed by atoms with Crippen LogP contribution in [0.3, 0.4) is 0 Å². The lowest BCUT2D eigenvalue weighted by Gasteiger charge is -2.42. The minimum absolute atomic E-state index is 0.186. The summed E-state index contributed by atoms with van der Waals surface area (Å²) in [4.78, 5) is 27.7. The van der Waals surface area contributed by atoms with E-state index in [0.717, 1.165) is 16.1 Å². The van der Waals surface area contributed by atoms with Gasteiger partial charge in [-0.15, -0.1) is 11.3 Å². The number of pyridine rings is 1. The van der Waals surface area contributed by atoms with Gasteiger partial charge in [-0.05, 0) is 13.0 Å². The molecule has 3 aromatic heterocycles. The first kappa shape index (κ1) is 15.9. The summed E-state index contributed by atoms with van der Waals surface area (Å²) >= 11 is 1.56. The summed E-state index contributed by atoms with van der Waals surface area (Å²) in [5.74, 6) is 0.219. The van der Waals surface area contributed by atoms with Crippen LogP contribution in [0.1, 0.15) is 29.0 Å². The van der Waals surface area contributed by atoms with Gasteiger partial charge < -0.3 is 14.4 Å². The van der Waals surface area contributed by atoms with Crippen LogP contribution < -0.4 is 0 Å². The summed E-state index contributed by atoms with van der Waals surface area (Å²) < 4.78 is 5.40. The molecule has 7 nitrogen and oxygen atoms in total. The molecule has 25 heavy (non-hydrogen) atoms. The number of hydrogen-bond donors (Lipinski definition) is 1. The van der Waals surface area contributed by atoms with E-state index >= 15 is 0 Å². The number of oxazole rings is 1. The Labute approximate surface area is 148 Å². The summed E-state index contributed by atoms with van der Waals surface area (Å²) in [5.41, 5.74) is 3.86. The maximum absolute atomic E-state index is 12.3. The topological polar surface area (TPSA) is 92.3 Å². The van der Waals surface area contributed by atoms with Crippen molar-refractivity contribution in [3.8, 4) is 10.4 Å². The minimum Gasteiger partial charge on any atom is -0.448 e. The van der Waals surface area contributed by atoms with Crippen LogP contribution in [0.15, 0.2) is 40.7 Å². The Morgan fingerprint density at radius 1 is 1.44 bits per heavy atom. The van der Waals surface area contributed by atoms with E-state index in [4.69, 9.17) is 4.42 Å². The lowest BCUT2D eigenvalue weighted by atomic mass is 10.0. The van der Waals surface area contributed by atoms with Crippen molar-refractivity contribution < 1.29 is 14.3 Å². The lowest BCUT2D eigenvalue weighted by molar-refractivity contribution is -0.0360. The number of carbonyl (C=O) groups excluding carboxylic acids is 1. The standard InChI is InChI=1S/C17H16N4O3S/c1-10-14(22)7-21(10)17(23)13-8-24-16(20-13)4-12-3-2-11(5-19-12)15-6-18-9-25-15/h2-3,5-6,8-10,14,22H,4,7H2,1H3/t10-,14-/m0/s1. The van der Waals surface area contributed by atoms with Crippen molar-refractivity contribution in [2.45, 2.75) is 25.5 Å². The van der Waals surface area contributed by atoms with E-state index in [1.165, 1.54) is 6.26 Å². The Bertz CT molecular complexity index is 876. The average Bonchev–Trinajstić information content (AvgIpc) is 3.31. The van der Waals surface area contributed by atoms with E-state index in [9.17, 15) is 9.90 Å². The van der Waals surface area contributed by atoms with Gasteiger partial charge in [0.2, 0.25) is 5.89 Å². The van der Waals surface area contributed by atoms with E-state index in [1.807, 2.05) is 19.1 Å². The highest BCUT2D eigenvalue weighted by molar-refractivity contribution is 7.13. The molecule has 0 aliphatic carbocycles. The normalized spacial score (nSPS) is 19.7. The number of hydrogen-bond acceptors (Lipinski definition) is 7. The molecule has 1 aliphatic rings. The van der Waals surface area contributed by atoms with Crippen molar-refractivity contribution >= 4 is 17.2 Å². The van der Waals surface area contributed by atoms with Crippen LogP contribution >= 0.6 is 11.3 Å². The molecular weight excluding hydrogens is 340 g/mol. The second-order valence-corrected chi connectivity index (χ2v) is 6.86. The number of nitrogens with zero attached hydrogens (tertiary/aromatic N) is 4. The molecule has 0 saturated carbocycles. The monoisotopic (exact) mass is 356 g/mol. The Morgan fingerprint density at radius 2 is 2.32 bits per heavy atom. The number of aliphatic hydroxyl groups is 1. The number of aromatic nitrogens is 3. The average molecular weight is 356 g/mol. The maximum Gasteiger partial charge on any atom is 0.276 e. The molecule has 0 bridgehead atoms. The molecule has 0 aromatic carbocycles. The Morgan fingerprint density at radius 3 is 2.96 bits per heavy atom. The molecule has 1 amide bonds. The van der Waals surface area contributed by atoms with Crippen LogP contribution in [0.4, 0.5) is 0 Å². The zero-order valence-corrected chi connectivity index (χ0v) is 14.3. The summed E-state index contributed by atoms with van der Waals surface area (Å²) in [6.07, 6.45) is 4.91. The number of aliphatic hydroxyl groups excluding tert-OH is 1. The number of thiazole rings is 1. The SMILES string of the molecule is C[C@H]1[C@@H](O)CN1C(=O)c1coc(Cc2ccc(-c3cncs3)cn2)n1. The smallest absolute Gasteiger partial charge is 0.276 e. The van der Waals surface area contributed by atoms with E-state index in [2.05, 4.69) is 15.0 Å². The van der Waals surface area contributed by atoms with Crippen LogP contribution in [0.5, 0.6) is 0 Å². The van der Waals surface area contributed by atoms with E-state index < -0.39 is 6.10 Å². The number of rotatable bonds is 4. The predicted molar refractivity (Wildman–Crippen MR) is 91.2 cm³/mol. The molecule has 128 valence electrons. The highest BCUT2D eigenvalue weighted by atomic mass is 32.1. The predicted octanol–water partition coefficient (Wildman–Crippen LogP) is 1.99. The maximum atomic E-state index is 12.3. The van der Waals surface area contributed by atoms with Gasteiger partial charge in [0, 0.05) is 30.2 Å². The van der Waals surface area contributed by atoms with Crippen molar-refractivity contribution in [3.63, 3.8) is 0 Å². The fraction of sp³-hybridized carbons (Fsp3) is 0.294. The quantitative estimate of drug-likeness (QED) is 0.768. The molecular formula is C17H16N4O3S. The molecule has 1 N–H and O–H groups in total. The van der Waals surface area contributed by atoms with Crippen molar-refractivity contribution in [2.75, 3.05) is 6.54 Å². The molecule has 4 heterocycles. The van der Waals surface area contributed by atoms with Crippen molar-refractivity contribution in [2.24, 2.45) is 0 Å². The molecule has 1 saturated heterocycles. The van der Waals surface area contributed by atoms with Crippen LogP contribution in [0, 0.1) is 0 Å². The van der Waals surface area contributed by atoms with Gasteiger partial charge in [0.1, 0.15) is 6.26 Å². The largest absolute Gasteiger partial charge is 0.448 e. The van der Waals surface area contributed by atoms with Crippen LogP contribution in [-0.4, -0.2) is 49.6 Å². The molecule has 2 atom stereocenters. The fourth-order valence-electron chi connectivity index (χ4n) is 2.68. The van der Waals surface area contributed by atoms with Crippen LogP contribution in [0.25, 0.3) is 10.4 Å². The molecule has 0 unspecified atom stereocenters. The highest BCUT2D eigenvalue weighted by Gasteiger charge is 2.38. The van der Waals surface area contributed by atoms with Gasteiger partial charge in [-0.1, -0.05) is 6.07 Å². The highest BCUT2D eigenvalue weighted by Crippen LogP contribution is 2.23. The zero-order valence-electron chi connectivity index (χ0n) is 13.5. The van der Waals surface area contributed by atoms with Crippen molar-refractivity contribution in [1.82, 2.24) is 19.9 Å². The number of β-amino-alcohol motifs (C(OH)–C–C–N with tert-alkyl or cyclic N) is 1. The molecule has 1 aliphatic heterocycles. The summed E-state index contributed by atoms with van der Waals surface area (Å²) in [6.45, 7) is 2.14. The van der Waals surface area contributed by atoms with E-state index in [1.54, 1.807) is 34.1 Å². The first-order chi connectivity index (χ1) is 12.1. The molecule has 8 heteroatoms. The first-order valence-electron chi connectivity index (χ1n) is 7.89. The van der Waals surface area contributed by atoms with Crippen molar-refractivity contribution in [3.05, 3.63) is 53.6 Å². The first-order valence-corrected chi connectivity index (χ1v) is 8.77. The van der Waals surface area contributed by atoms with Gasteiger partial charge in [0.25, 0.3) is 5.91 Å². The Hall–Kier alpha value is -2.58. The lowest BCUT2D eigenvalue weighted by Crippen LogP contribution is -2.60. The second kappa shape index (κ2) is 6.38. The third-order valence-corrected chi connectivity index (χ3v) is 5.16. The number of amides is 1. The van der Waals surface area contributed by atoms with Crippen molar-refractivity contribution in [1.29, 1.82) is 0 Å². The van der Waals surface area contributed by atoms with Gasteiger partial charge in [0.15, 0.2) is 5.69 Å². The molecule has 3 aromatic rings. The zero-order chi connectivity index (χ0) is 17.4.